The molecule has 1 heterocycles. The van der Waals surface area contributed by atoms with Gasteiger partial charge in [0.25, 0.3) is 5.91 Å². The van der Waals surface area contributed by atoms with E-state index in [0.29, 0.717) is 24.6 Å². The lowest BCUT2D eigenvalue weighted by Gasteiger charge is -2.33. The molecule has 0 aliphatic carbocycles. The van der Waals surface area contributed by atoms with E-state index in [1.165, 1.54) is 0 Å². The van der Waals surface area contributed by atoms with Crippen LogP contribution in [0.1, 0.15) is 45.0 Å². The lowest BCUT2D eigenvalue weighted by molar-refractivity contribution is 0.0138. The van der Waals surface area contributed by atoms with Crippen molar-refractivity contribution in [3.05, 3.63) is 23.9 Å². The fraction of sp³-hybridized carbons (Fsp3) is 0.625. The van der Waals surface area contributed by atoms with E-state index in [0.717, 1.165) is 0 Å². The van der Waals surface area contributed by atoms with Crippen LogP contribution in [0.3, 0.4) is 0 Å². The van der Waals surface area contributed by atoms with Gasteiger partial charge in [-0.2, -0.15) is 0 Å². The maximum absolute atomic E-state index is 12.3. The molecule has 1 rings (SSSR count). The second-order valence-corrected chi connectivity index (χ2v) is 6.15. The van der Waals surface area contributed by atoms with Crippen LogP contribution in [-0.2, 0) is 0 Å². The average Bonchev–Trinajstić information content (AvgIpc) is 2.45. The second-order valence-electron chi connectivity index (χ2n) is 6.15. The van der Waals surface area contributed by atoms with Crippen LogP contribution in [0, 0.1) is 11.3 Å². The Morgan fingerprint density at radius 1 is 1.48 bits per heavy atom. The van der Waals surface area contributed by atoms with Gasteiger partial charge in [0.1, 0.15) is 5.56 Å². The first kappa shape index (κ1) is 17.4. The van der Waals surface area contributed by atoms with E-state index in [-0.39, 0.29) is 11.8 Å². The number of pyridine rings is 1. The summed E-state index contributed by atoms with van der Waals surface area (Å²) in [7, 11) is 0. The van der Waals surface area contributed by atoms with Gasteiger partial charge in [-0.3, -0.25) is 4.79 Å². The normalized spacial score (nSPS) is 13.1. The van der Waals surface area contributed by atoms with Crippen molar-refractivity contribution in [3.8, 4) is 5.88 Å². The molecular weight excluding hydrogens is 268 g/mol. The highest BCUT2D eigenvalue weighted by atomic mass is 16.5. The number of hydrogen-bond acceptors (Lipinski definition) is 4. The molecule has 5 nitrogen and oxygen atoms in total. The minimum Gasteiger partial charge on any atom is -0.477 e. The van der Waals surface area contributed by atoms with E-state index in [4.69, 9.17) is 4.74 Å². The number of carbonyl (C=O) groups is 1. The van der Waals surface area contributed by atoms with Crippen molar-refractivity contribution < 1.29 is 14.6 Å². The number of rotatable bonds is 7. The molecule has 1 aromatic heterocycles. The Morgan fingerprint density at radius 3 is 2.71 bits per heavy atom. The molecule has 5 heteroatoms. The molecule has 0 fully saturated rings. The maximum Gasteiger partial charge on any atom is 0.256 e. The summed E-state index contributed by atoms with van der Waals surface area (Å²) in [4.78, 5) is 16.3. The van der Waals surface area contributed by atoms with Crippen molar-refractivity contribution in [1.29, 1.82) is 0 Å². The van der Waals surface area contributed by atoms with Crippen LogP contribution in [0.4, 0.5) is 0 Å². The van der Waals surface area contributed by atoms with Gasteiger partial charge in [-0.25, -0.2) is 4.98 Å². The smallest absolute Gasteiger partial charge is 0.256 e. The number of nitrogens with one attached hydrogen (secondary N) is 1. The number of aromatic nitrogens is 1. The molecule has 0 radical (unpaired) electrons. The zero-order valence-corrected chi connectivity index (χ0v) is 13.5. The number of carbonyl (C=O) groups excluding carboxylic acids is 1. The largest absolute Gasteiger partial charge is 0.477 e. The third kappa shape index (κ3) is 4.70. The number of aliphatic hydroxyl groups is 1. The number of nitrogens with zero attached hydrogens (tertiary/aromatic N) is 1. The number of hydrogen-bond donors (Lipinski definition) is 2. The van der Waals surface area contributed by atoms with Crippen LogP contribution in [0.5, 0.6) is 5.88 Å². The van der Waals surface area contributed by atoms with Gasteiger partial charge in [-0.15, -0.1) is 0 Å². The molecule has 1 amide bonds. The summed E-state index contributed by atoms with van der Waals surface area (Å²) in [5, 5.41) is 13.0. The molecular formula is C16H26N2O3. The fourth-order valence-corrected chi connectivity index (χ4v) is 2.23. The molecule has 0 aromatic carbocycles. The van der Waals surface area contributed by atoms with Crippen LogP contribution < -0.4 is 10.1 Å². The molecule has 2 N–H and O–H groups in total. The Hall–Kier alpha value is -1.62. The maximum atomic E-state index is 12.3. The highest BCUT2D eigenvalue weighted by Crippen LogP contribution is 2.25. The van der Waals surface area contributed by atoms with E-state index >= 15 is 0 Å². The van der Waals surface area contributed by atoms with Crippen molar-refractivity contribution >= 4 is 5.91 Å². The molecule has 118 valence electrons. The van der Waals surface area contributed by atoms with Gasteiger partial charge in [-0.1, -0.05) is 27.7 Å². The van der Waals surface area contributed by atoms with Crippen molar-refractivity contribution in [2.45, 2.75) is 40.7 Å². The Kier molecular flexibility index (Phi) is 6.15. The molecule has 0 aliphatic heterocycles. The van der Waals surface area contributed by atoms with Gasteiger partial charge in [0, 0.05) is 18.2 Å². The Balaban J connectivity index is 2.74. The van der Waals surface area contributed by atoms with E-state index in [1.54, 1.807) is 18.3 Å². The first-order chi connectivity index (χ1) is 9.79. The second kappa shape index (κ2) is 7.41. The van der Waals surface area contributed by atoms with Crippen LogP contribution in [0.2, 0.25) is 0 Å². The predicted molar refractivity (Wildman–Crippen MR) is 82.4 cm³/mol. The first-order valence-corrected chi connectivity index (χ1v) is 7.33. The molecule has 1 atom stereocenters. The molecule has 1 unspecified atom stereocenters. The predicted octanol–water partition coefficient (Wildman–Crippen LogP) is 2.25. The number of ether oxygens (including phenoxy) is 1. The summed E-state index contributed by atoms with van der Waals surface area (Å²) in [6, 6.07) is 3.38. The molecule has 0 aliphatic rings. The zero-order chi connectivity index (χ0) is 16.0. The molecule has 0 saturated heterocycles. The van der Waals surface area contributed by atoms with Crippen molar-refractivity contribution in [3.63, 3.8) is 0 Å². The molecule has 21 heavy (non-hydrogen) atoms. The summed E-state index contributed by atoms with van der Waals surface area (Å²) in [6.07, 6.45) is 1.10. The van der Waals surface area contributed by atoms with Crippen molar-refractivity contribution in [2.24, 2.45) is 11.3 Å². The van der Waals surface area contributed by atoms with E-state index in [1.807, 2.05) is 34.6 Å². The molecule has 0 saturated carbocycles. The summed E-state index contributed by atoms with van der Waals surface area (Å²) in [6.45, 7) is 10.5. The minimum absolute atomic E-state index is 0.134. The van der Waals surface area contributed by atoms with Crippen LogP contribution in [-0.4, -0.2) is 35.3 Å². The van der Waals surface area contributed by atoms with Gasteiger partial charge in [-0.05, 0) is 25.0 Å². The monoisotopic (exact) mass is 294 g/mol. The quantitative estimate of drug-likeness (QED) is 0.809. The lowest BCUT2D eigenvalue weighted by atomic mass is 9.80. The topological polar surface area (TPSA) is 71.5 Å². The standard InChI is InChI=1S/C16H26N2O3/c1-6-21-15-12(8-7-9-17-15)14(20)18-10-16(4,5)13(19)11(2)3/h7-9,11,13,19H,6,10H2,1-5H3,(H,18,20). The third-order valence-corrected chi connectivity index (χ3v) is 3.43. The third-order valence-electron chi connectivity index (χ3n) is 3.43. The minimum atomic E-state index is -0.488. The fourth-order valence-electron chi connectivity index (χ4n) is 2.23. The summed E-state index contributed by atoms with van der Waals surface area (Å²) in [5.74, 6) is 0.226. The van der Waals surface area contributed by atoms with Crippen LogP contribution in [0.25, 0.3) is 0 Å². The number of amides is 1. The van der Waals surface area contributed by atoms with Crippen LogP contribution in [0.15, 0.2) is 18.3 Å². The summed E-state index contributed by atoms with van der Waals surface area (Å²) < 4.78 is 5.35. The van der Waals surface area contributed by atoms with Crippen LogP contribution >= 0.6 is 0 Å². The first-order valence-electron chi connectivity index (χ1n) is 7.33. The van der Waals surface area contributed by atoms with Crippen molar-refractivity contribution in [1.82, 2.24) is 10.3 Å². The highest BCUT2D eigenvalue weighted by molar-refractivity contribution is 5.96. The molecule has 0 bridgehead atoms. The summed E-state index contributed by atoms with van der Waals surface area (Å²) in [5.41, 5.74) is 0.00634. The van der Waals surface area contributed by atoms with Gasteiger partial charge in [0.15, 0.2) is 0 Å². The molecule has 1 aromatic rings. The Morgan fingerprint density at radius 2 is 2.14 bits per heavy atom. The Bertz CT molecular complexity index is 472. The van der Waals surface area contributed by atoms with Gasteiger partial charge in [0.2, 0.25) is 5.88 Å². The Labute approximate surface area is 126 Å². The molecule has 0 spiro atoms. The lowest BCUT2D eigenvalue weighted by Crippen LogP contribution is -2.43. The zero-order valence-electron chi connectivity index (χ0n) is 13.5. The van der Waals surface area contributed by atoms with E-state index in [9.17, 15) is 9.90 Å². The van der Waals surface area contributed by atoms with Gasteiger partial charge in [0.05, 0.1) is 12.7 Å². The van der Waals surface area contributed by atoms with Gasteiger partial charge >= 0.3 is 0 Å². The van der Waals surface area contributed by atoms with E-state index < -0.39 is 11.5 Å². The summed E-state index contributed by atoms with van der Waals surface area (Å²) >= 11 is 0. The number of aliphatic hydroxyl groups excluding tert-OH is 1. The highest BCUT2D eigenvalue weighted by Gasteiger charge is 2.30. The van der Waals surface area contributed by atoms with E-state index in [2.05, 4.69) is 10.3 Å². The SMILES string of the molecule is CCOc1ncccc1C(=O)NCC(C)(C)C(O)C(C)C. The average molecular weight is 294 g/mol. The van der Waals surface area contributed by atoms with Crippen molar-refractivity contribution in [2.75, 3.05) is 13.2 Å². The van der Waals surface area contributed by atoms with Gasteiger partial charge < -0.3 is 15.2 Å².